The third kappa shape index (κ3) is 4.38. The Labute approximate surface area is 186 Å². The quantitative estimate of drug-likeness (QED) is 0.495. The summed E-state index contributed by atoms with van der Waals surface area (Å²) in [6, 6.07) is 8.04. The molecule has 0 unspecified atom stereocenters. The van der Waals surface area contributed by atoms with Crippen molar-refractivity contribution in [1.29, 1.82) is 0 Å². The molecule has 3 rings (SSSR count). The Balaban J connectivity index is 2.07. The van der Waals surface area contributed by atoms with E-state index in [4.69, 9.17) is 9.15 Å². The van der Waals surface area contributed by atoms with Crippen LogP contribution in [0, 0.1) is 0 Å². The van der Waals surface area contributed by atoms with E-state index in [-0.39, 0.29) is 46.5 Å². The largest absolute Gasteiger partial charge is 0.492 e. The minimum Gasteiger partial charge on any atom is -0.492 e. The van der Waals surface area contributed by atoms with Gasteiger partial charge in [0.2, 0.25) is 10.0 Å². The van der Waals surface area contributed by atoms with Crippen molar-refractivity contribution < 1.29 is 26.0 Å². The van der Waals surface area contributed by atoms with Gasteiger partial charge in [-0.25, -0.2) is 21.6 Å². The molecule has 1 heterocycles. The fourth-order valence-corrected chi connectivity index (χ4v) is 5.79. The number of ether oxygens (including phenoxy) is 1. The first-order valence-electron chi connectivity index (χ1n) is 9.94. The Morgan fingerprint density at radius 2 is 1.66 bits per heavy atom. The molecule has 0 aliphatic rings. The topological polar surface area (TPSA) is 128 Å². The number of anilines is 1. The molecule has 0 radical (unpaired) electrons. The first-order valence-corrected chi connectivity index (χ1v) is 12.9. The van der Waals surface area contributed by atoms with E-state index < -0.39 is 25.8 Å². The zero-order valence-corrected chi connectivity index (χ0v) is 19.8. The van der Waals surface area contributed by atoms with Gasteiger partial charge in [-0.2, -0.15) is 4.31 Å². The highest BCUT2D eigenvalue weighted by Crippen LogP contribution is 2.31. The molecule has 2 aromatic carbocycles. The van der Waals surface area contributed by atoms with E-state index >= 15 is 0 Å². The van der Waals surface area contributed by atoms with E-state index in [1.165, 1.54) is 52.3 Å². The van der Waals surface area contributed by atoms with Gasteiger partial charge in [0.1, 0.15) is 5.75 Å². The van der Waals surface area contributed by atoms with Crippen molar-refractivity contribution in [3.63, 3.8) is 0 Å². The van der Waals surface area contributed by atoms with Crippen LogP contribution in [0.15, 0.2) is 55.4 Å². The van der Waals surface area contributed by atoms with Gasteiger partial charge in [0, 0.05) is 26.2 Å². The molecule has 0 saturated carbocycles. The molecule has 174 valence electrons. The molecular formula is C20H25N3O7S2. The molecular weight excluding hydrogens is 458 g/mol. The van der Waals surface area contributed by atoms with Gasteiger partial charge in [-0.15, -0.1) is 0 Å². The lowest BCUT2D eigenvalue weighted by molar-refractivity contribution is 0.341. The van der Waals surface area contributed by atoms with Gasteiger partial charge in [-0.3, -0.25) is 9.29 Å². The van der Waals surface area contributed by atoms with Gasteiger partial charge < -0.3 is 9.15 Å². The van der Waals surface area contributed by atoms with Crippen LogP contribution in [0.4, 0.5) is 5.69 Å². The number of hydrogen-bond acceptors (Lipinski definition) is 7. The molecule has 0 aliphatic heterocycles. The summed E-state index contributed by atoms with van der Waals surface area (Å²) < 4.78 is 67.4. The number of oxazole rings is 1. The second-order valence-electron chi connectivity index (χ2n) is 6.84. The van der Waals surface area contributed by atoms with Gasteiger partial charge in [0.05, 0.1) is 27.6 Å². The number of aromatic nitrogens is 1. The molecule has 32 heavy (non-hydrogen) atoms. The van der Waals surface area contributed by atoms with Crippen LogP contribution < -0.4 is 15.2 Å². The van der Waals surface area contributed by atoms with Crippen molar-refractivity contribution in [3.8, 4) is 5.75 Å². The number of sulfonamides is 2. The molecule has 0 aliphatic carbocycles. The number of nitrogens with one attached hydrogen (secondary N) is 1. The Morgan fingerprint density at radius 3 is 2.28 bits per heavy atom. The highest BCUT2D eigenvalue weighted by atomic mass is 32.2. The maximum absolute atomic E-state index is 13.0. The molecule has 1 aromatic heterocycles. The van der Waals surface area contributed by atoms with Gasteiger partial charge in [-0.1, -0.05) is 13.8 Å². The molecule has 0 bridgehead atoms. The lowest BCUT2D eigenvalue weighted by atomic mass is 10.3. The van der Waals surface area contributed by atoms with E-state index in [1.807, 2.05) is 0 Å². The van der Waals surface area contributed by atoms with Crippen molar-refractivity contribution in [2.24, 2.45) is 7.05 Å². The van der Waals surface area contributed by atoms with Crippen molar-refractivity contribution in [1.82, 2.24) is 8.87 Å². The van der Waals surface area contributed by atoms with Crippen LogP contribution >= 0.6 is 0 Å². The third-order valence-electron chi connectivity index (χ3n) is 4.91. The van der Waals surface area contributed by atoms with Crippen molar-refractivity contribution in [3.05, 3.63) is 46.9 Å². The van der Waals surface area contributed by atoms with Gasteiger partial charge in [0.15, 0.2) is 5.58 Å². The summed E-state index contributed by atoms with van der Waals surface area (Å²) in [7, 11) is -6.46. The van der Waals surface area contributed by atoms with Crippen LogP contribution in [0.5, 0.6) is 5.75 Å². The first kappa shape index (κ1) is 23.8. The van der Waals surface area contributed by atoms with Gasteiger partial charge >= 0.3 is 5.76 Å². The van der Waals surface area contributed by atoms with E-state index in [2.05, 4.69) is 4.72 Å². The highest BCUT2D eigenvalue weighted by Gasteiger charge is 2.25. The Hall–Kier alpha value is -2.83. The summed E-state index contributed by atoms with van der Waals surface area (Å²) in [4.78, 5) is 11.5. The van der Waals surface area contributed by atoms with Crippen LogP contribution in [0.25, 0.3) is 11.1 Å². The predicted molar refractivity (Wildman–Crippen MR) is 120 cm³/mol. The Bertz CT molecular complexity index is 1400. The number of rotatable bonds is 9. The van der Waals surface area contributed by atoms with Crippen molar-refractivity contribution in [2.45, 2.75) is 30.6 Å². The van der Waals surface area contributed by atoms with E-state index in [0.717, 1.165) is 0 Å². The zero-order valence-electron chi connectivity index (χ0n) is 18.2. The minimum absolute atomic E-state index is 0.0188. The standard InChI is InChI=1S/C20H25N3O7S2/c1-5-23(6-2)32(27,28)15-9-11-18(29-7-3)16(12-15)21-31(25,26)14-8-10-17-19(13-14)30-20(24)22(17)4/h8-13,21H,5-7H2,1-4H3. The summed E-state index contributed by atoms with van der Waals surface area (Å²) in [5.74, 6) is -0.433. The first-order chi connectivity index (χ1) is 15.0. The van der Waals surface area contributed by atoms with Gasteiger partial charge in [0.25, 0.3) is 10.0 Å². The lowest BCUT2D eigenvalue weighted by Crippen LogP contribution is -2.30. The summed E-state index contributed by atoms with van der Waals surface area (Å²) in [5.41, 5.74) is 0.536. The van der Waals surface area contributed by atoms with Crippen molar-refractivity contribution in [2.75, 3.05) is 24.4 Å². The summed E-state index contributed by atoms with van der Waals surface area (Å²) >= 11 is 0. The maximum atomic E-state index is 13.0. The normalized spacial score (nSPS) is 12.4. The highest BCUT2D eigenvalue weighted by molar-refractivity contribution is 7.92. The fraction of sp³-hybridized carbons (Fsp3) is 0.350. The molecule has 12 heteroatoms. The predicted octanol–water partition coefficient (Wildman–Crippen LogP) is 2.36. The molecule has 0 spiro atoms. The third-order valence-corrected chi connectivity index (χ3v) is 8.32. The minimum atomic E-state index is -4.15. The second-order valence-corrected chi connectivity index (χ2v) is 10.5. The smallest absolute Gasteiger partial charge is 0.419 e. The molecule has 3 aromatic rings. The molecule has 0 atom stereocenters. The second kappa shape index (κ2) is 8.96. The maximum Gasteiger partial charge on any atom is 0.419 e. The molecule has 10 nitrogen and oxygen atoms in total. The molecule has 0 amide bonds. The van der Waals surface area contributed by atoms with E-state index in [1.54, 1.807) is 20.8 Å². The number of hydrogen-bond donors (Lipinski definition) is 1. The average Bonchev–Trinajstić information content (AvgIpc) is 3.03. The Morgan fingerprint density at radius 1 is 1.00 bits per heavy atom. The number of benzene rings is 2. The average molecular weight is 484 g/mol. The number of aryl methyl sites for hydroxylation is 1. The number of nitrogens with zero attached hydrogens (tertiary/aromatic N) is 2. The summed E-state index contributed by atoms with van der Waals surface area (Å²) in [6.07, 6.45) is 0. The van der Waals surface area contributed by atoms with Crippen molar-refractivity contribution >= 4 is 36.8 Å². The van der Waals surface area contributed by atoms with Crippen LogP contribution in [-0.2, 0) is 27.1 Å². The molecule has 0 fully saturated rings. The summed E-state index contributed by atoms with van der Waals surface area (Å²) in [6.45, 7) is 5.96. The van der Waals surface area contributed by atoms with Crippen LogP contribution in [0.2, 0.25) is 0 Å². The van der Waals surface area contributed by atoms with Gasteiger partial charge in [-0.05, 0) is 37.3 Å². The SMILES string of the molecule is CCOc1ccc(S(=O)(=O)N(CC)CC)cc1NS(=O)(=O)c1ccc2c(c1)oc(=O)n2C. The lowest BCUT2D eigenvalue weighted by Gasteiger charge is -2.20. The molecule has 1 N–H and O–H groups in total. The summed E-state index contributed by atoms with van der Waals surface area (Å²) in [5, 5.41) is 0. The monoisotopic (exact) mass is 483 g/mol. The van der Waals surface area contributed by atoms with E-state index in [0.29, 0.717) is 5.52 Å². The van der Waals surface area contributed by atoms with E-state index in [9.17, 15) is 21.6 Å². The zero-order chi connectivity index (χ0) is 23.7. The van der Waals surface area contributed by atoms with Crippen LogP contribution in [0.3, 0.4) is 0 Å². The Kier molecular flexibility index (Phi) is 6.67. The number of fused-ring (bicyclic) bond motifs is 1. The van der Waals surface area contributed by atoms with Crippen LogP contribution in [-0.4, -0.2) is 45.4 Å². The molecule has 0 saturated heterocycles. The fourth-order valence-electron chi connectivity index (χ4n) is 3.23. The van der Waals surface area contributed by atoms with Crippen LogP contribution in [0.1, 0.15) is 20.8 Å².